The molecule has 0 aromatic heterocycles. The second kappa shape index (κ2) is 9.68. The Balaban J connectivity index is 2.16. The van der Waals surface area contributed by atoms with Crippen molar-refractivity contribution < 1.29 is 9.47 Å². The summed E-state index contributed by atoms with van der Waals surface area (Å²) in [4.78, 5) is 0. The summed E-state index contributed by atoms with van der Waals surface area (Å²) in [7, 11) is 0. The number of rotatable bonds is 8. The number of ether oxygens (including phenoxy) is 2. The topological polar surface area (TPSA) is 42.8 Å². The van der Waals surface area contributed by atoms with Gasteiger partial charge in [0.1, 0.15) is 0 Å². The first-order valence-corrected chi connectivity index (χ1v) is 9.36. The van der Waals surface area contributed by atoms with Gasteiger partial charge >= 0.3 is 0 Å². The van der Waals surface area contributed by atoms with Gasteiger partial charge in [0, 0.05) is 5.02 Å². The minimum atomic E-state index is 0.565. The molecule has 0 aliphatic heterocycles. The maximum absolute atomic E-state index is 6.12. The monoisotopic (exact) mass is 424 g/mol. The number of anilines is 1. The Morgan fingerprint density at radius 1 is 1.20 bits per heavy atom. The third-order valence-electron chi connectivity index (χ3n) is 3.36. The van der Waals surface area contributed by atoms with Crippen LogP contribution >= 0.6 is 27.5 Å². The van der Waals surface area contributed by atoms with E-state index in [-0.39, 0.29) is 0 Å². The molecule has 2 aromatic rings. The van der Waals surface area contributed by atoms with E-state index in [0.29, 0.717) is 24.0 Å². The number of nitrogens with one attached hydrogen (secondary N) is 1. The Labute approximate surface area is 162 Å². The minimum Gasteiger partial charge on any atom is -0.490 e. The van der Waals surface area contributed by atoms with Crippen LogP contribution in [0.2, 0.25) is 5.02 Å². The van der Waals surface area contributed by atoms with Gasteiger partial charge in [-0.3, -0.25) is 5.43 Å². The third kappa shape index (κ3) is 5.65. The molecular formula is C19H22BrClN2O2. The van der Waals surface area contributed by atoms with E-state index in [1.807, 2.05) is 44.2 Å². The summed E-state index contributed by atoms with van der Waals surface area (Å²) in [5.74, 6) is 1.42. The van der Waals surface area contributed by atoms with Gasteiger partial charge in [0.15, 0.2) is 11.5 Å². The van der Waals surface area contributed by atoms with Crippen LogP contribution in [0.3, 0.4) is 0 Å². The maximum atomic E-state index is 6.12. The second-order valence-corrected chi connectivity index (χ2v) is 6.71. The fourth-order valence-electron chi connectivity index (χ4n) is 2.11. The summed E-state index contributed by atoms with van der Waals surface area (Å²) in [6.07, 6.45) is 2.66. The summed E-state index contributed by atoms with van der Waals surface area (Å²) in [5.41, 5.74) is 5.74. The second-order valence-electron chi connectivity index (χ2n) is 5.45. The highest BCUT2D eigenvalue weighted by atomic mass is 79.9. The highest BCUT2D eigenvalue weighted by molar-refractivity contribution is 9.10. The average molecular weight is 426 g/mol. The van der Waals surface area contributed by atoms with Crippen molar-refractivity contribution >= 4 is 39.4 Å². The molecule has 4 nitrogen and oxygen atoms in total. The normalized spacial score (nSPS) is 10.9. The van der Waals surface area contributed by atoms with Gasteiger partial charge in [-0.2, -0.15) is 5.10 Å². The lowest BCUT2D eigenvalue weighted by Crippen LogP contribution is -2.02. The van der Waals surface area contributed by atoms with Gasteiger partial charge in [-0.15, -0.1) is 0 Å². The molecule has 0 radical (unpaired) electrons. The zero-order chi connectivity index (χ0) is 18.2. The molecule has 0 saturated heterocycles. The highest BCUT2D eigenvalue weighted by Crippen LogP contribution is 2.36. The fraction of sp³-hybridized carbons (Fsp3) is 0.316. The number of aryl methyl sites for hydroxylation is 1. The lowest BCUT2D eigenvalue weighted by atomic mass is 10.2. The summed E-state index contributed by atoms with van der Waals surface area (Å²) in [5, 5.41) is 4.97. The van der Waals surface area contributed by atoms with E-state index in [2.05, 4.69) is 33.4 Å². The van der Waals surface area contributed by atoms with Crippen LogP contribution in [0.4, 0.5) is 5.69 Å². The van der Waals surface area contributed by atoms with Crippen molar-refractivity contribution in [1.29, 1.82) is 0 Å². The molecule has 0 unspecified atom stereocenters. The van der Waals surface area contributed by atoms with Crippen LogP contribution < -0.4 is 14.9 Å². The Morgan fingerprint density at radius 2 is 2.00 bits per heavy atom. The Morgan fingerprint density at radius 3 is 2.68 bits per heavy atom. The van der Waals surface area contributed by atoms with Crippen molar-refractivity contribution in [2.75, 3.05) is 18.6 Å². The van der Waals surface area contributed by atoms with E-state index in [0.717, 1.165) is 33.5 Å². The van der Waals surface area contributed by atoms with E-state index < -0.39 is 0 Å². The summed E-state index contributed by atoms with van der Waals surface area (Å²) >= 11 is 9.66. The Kier molecular flexibility index (Phi) is 7.59. The molecule has 0 spiro atoms. The van der Waals surface area contributed by atoms with Crippen molar-refractivity contribution in [3.63, 3.8) is 0 Å². The van der Waals surface area contributed by atoms with Gasteiger partial charge in [0.25, 0.3) is 0 Å². The Hall–Kier alpha value is -1.72. The molecule has 0 aliphatic rings. The van der Waals surface area contributed by atoms with Crippen LogP contribution in [0.1, 0.15) is 31.4 Å². The molecule has 0 saturated carbocycles. The van der Waals surface area contributed by atoms with Crippen molar-refractivity contribution in [1.82, 2.24) is 0 Å². The Bertz CT molecular complexity index is 750. The molecule has 25 heavy (non-hydrogen) atoms. The van der Waals surface area contributed by atoms with Crippen molar-refractivity contribution in [2.45, 2.75) is 27.2 Å². The molecule has 0 bridgehead atoms. The van der Waals surface area contributed by atoms with Crippen LogP contribution in [0, 0.1) is 6.92 Å². The molecule has 0 heterocycles. The lowest BCUT2D eigenvalue weighted by molar-refractivity contribution is 0.275. The van der Waals surface area contributed by atoms with E-state index in [1.54, 1.807) is 6.21 Å². The molecule has 0 amide bonds. The number of hydrogen-bond donors (Lipinski definition) is 1. The molecule has 6 heteroatoms. The molecule has 0 atom stereocenters. The molecule has 0 fully saturated rings. The molecular weight excluding hydrogens is 404 g/mol. The van der Waals surface area contributed by atoms with Crippen LogP contribution in [-0.2, 0) is 0 Å². The number of hydrazone groups is 1. The van der Waals surface area contributed by atoms with Crippen LogP contribution in [0.25, 0.3) is 0 Å². The quantitative estimate of drug-likeness (QED) is 0.414. The summed E-state index contributed by atoms with van der Waals surface area (Å²) < 4.78 is 12.3. The first-order chi connectivity index (χ1) is 12.0. The van der Waals surface area contributed by atoms with Crippen molar-refractivity contribution in [3.8, 4) is 11.5 Å². The van der Waals surface area contributed by atoms with Gasteiger partial charge in [-0.25, -0.2) is 0 Å². The highest BCUT2D eigenvalue weighted by Gasteiger charge is 2.11. The van der Waals surface area contributed by atoms with Crippen LogP contribution in [0.5, 0.6) is 11.5 Å². The lowest BCUT2D eigenvalue weighted by Gasteiger charge is -2.14. The van der Waals surface area contributed by atoms with Crippen molar-refractivity contribution in [3.05, 3.63) is 51.0 Å². The third-order valence-corrected chi connectivity index (χ3v) is 4.36. The van der Waals surface area contributed by atoms with Crippen molar-refractivity contribution in [2.24, 2.45) is 5.10 Å². The minimum absolute atomic E-state index is 0.565. The summed E-state index contributed by atoms with van der Waals surface area (Å²) in [6, 6.07) is 9.58. The van der Waals surface area contributed by atoms with Gasteiger partial charge < -0.3 is 9.47 Å². The fourth-order valence-corrected chi connectivity index (χ4v) is 2.87. The smallest absolute Gasteiger partial charge is 0.175 e. The average Bonchev–Trinajstić information content (AvgIpc) is 2.58. The molecule has 2 aromatic carbocycles. The molecule has 0 aliphatic carbocycles. The predicted molar refractivity (Wildman–Crippen MR) is 109 cm³/mol. The van der Waals surface area contributed by atoms with E-state index >= 15 is 0 Å². The van der Waals surface area contributed by atoms with Gasteiger partial charge in [0.05, 0.1) is 29.6 Å². The number of halogens is 2. The first-order valence-electron chi connectivity index (χ1n) is 8.19. The van der Waals surface area contributed by atoms with Gasteiger partial charge in [-0.05, 0) is 71.6 Å². The molecule has 2 rings (SSSR count). The maximum Gasteiger partial charge on any atom is 0.175 e. The molecule has 134 valence electrons. The van der Waals surface area contributed by atoms with Gasteiger partial charge in [0.2, 0.25) is 0 Å². The zero-order valence-corrected chi connectivity index (χ0v) is 16.9. The number of hydrogen-bond acceptors (Lipinski definition) is 4. The molecule has 1 N–H and O–H groups in total. The standard InChI is InChI=1S/C19H22BrClN2O2/c1-4-8-25-19-16(20)9-14(10-18(19)24-5-2)12-22-23-15-7-6-13(3)17(21)11-15/h6-7,9-12,23H,4-5,8H2,1-3H3/b22-12+. The number of nitrogens with zero attached hydrogens (tertiary/aromatic N) is 1. The van der Waals surface area contributed by atoms with Crippen LogP contribution in [0.15, 0.2) is 39.9 Å². The van der Waals surface area contributed by atoms with E-state index in [9.17, 15) is 0 Å². The largest absolute Gasteiger partial charge is 0.490 e. The van der Waals surface area contributed by atoms with Crippen LogP contribution in [-0.4, -0.2) is 19.4 Å². The van der Waals surface area contributed by atoms with E-state index in [1.165, 1.54) is 0 Å². The van der Waals surface area contributed by atoms with Gasteiger partial charge in [-0.1, -0.05) is 24.6 Å². The SMILES string of the molecule is CCCOc1c(Br)cc(/C=N/Nc2ccc(C)c(Cl)c2)cc1OCC. The summed E-state index contributed by atoms with van der Waals surface area (Å²) in [6.45, 7) is 7.18. The predicted octanol–water partition coefficient (Wildman–Crippen LogP) is 6.04. The first kappa shape index (κ1) is 19.6. The zero-order valence-electron chi connectivity index (χ0n) is 14.6. The number of benzene rings is 2. The van der Waals surface area contributed by atoms with E-state index in [4.69, 9.17) is 21.1 Å².